The zero-order valence-corrected chi connectivity index (χ0v) is 12.4. The van der Waals surface area contributed by atoms with Crippen LogP contribution in [-0.2, 0) is 22.7 Å². The Morgan fingerprint density at radius 3 is 2.86 bits per heavy atom. The quantitative estimate of drug-likeness (QED) is 0.813. The molecule has 0 aliphatic heterocycles. The number of aliphatic hydroxyl groups is 1. The molecular formula is C13H17N3O4S. The summed E-state index contributed by atoms with van der Waals surface area (Å²) in [7, 11) is -2.06. The maximum Gasteiger partial charge on any atom is 0.259 e. The molecule has 2 heterocycles. The number of hydrogen-bond acceptors (Lipinski definition) is 5. The maximum atomic E-state index is 12.2. The van der Waals surface area contributed by atoms with E-state index < -0.39 is 15.6 Å². The van der Waals surface area contributed by atoms with Crippen molar-refractivity contribution >= 4 is 10.0 Å². The number of rotatable bonds is 6. The lowest BCUT2D eigenvalue weighted by Gasteiger charge is -2.25. The number of sulfonamides is 1. The van der Waals surface area contributed by atoms with Crippen LogP contribution >= 0.6 is 0 Å². The molecule has 1 unspecified atom stereocenters. The molecule has 2 aromatic heterocycles. The second-order valence-corrected chi connectivity index (χ2v) is 7.09. The summed E-state index contributed by atoms with van der Waals surface area (Å²) in [5.41, 5.74) is -1.31. The molecule has 1 aliphatic carbocycles. The van der Waals surface area contributed by atoms with E-state index in [0.29, 0.717) is 5.76 Å². The van der Waals surface area contributed by atoms with Gasteiger partial charge in [0.1, 0.15) is 11.4 Å². The van der Waals surface area contributed by atoms with Crippen LogP contribution in [0.1, 0.15) is 18.6 Å². The summed E-state index contributed by atoms with van der Waals surface area (Å²) in [5.74, 6) is 0.392. The number of nitrogens with one attached hydrogen (secondary N) is 1. The summed E-state index contributed by atoms with van der Waals surface area (Å²) in [6.45, 7) is -0.135. The lowest BCUT2D eigenvalue weighted by atomic mass is 9.95. The first-order chi connectivity index (χ1) is 9.92. The van der Waals surface area contributed by atoms with E-state index in [-0.39, 0.29) is 17.5 Å². The van der Waals surface area contributed by atoms with E-state index in [1.165, 1.54) is 18.8 Å². The summed E-state index contributed by atoms with van der Waals surface area (Å²) < 4.78 is 33.6. The topological polar surface area (TPSA) is 97.4 Å². The molecule has 1 aliphatic rings. The Hall–Kier alpha value is -1.64. The van der Waals surface area contributed by atoms with Crippen LogP contribution in [-0.4, -0.2) is 29.6 Å². The van der Waals surface area contributed by atoms with Crippen LogP contribution in [0.3, 0.4) is 0 Å². The Balaban J connectivity index is 1.79. The van der Waals surface area contributed by atoms with Crippen molar-refractivity contribution in [2.45, 2.75) is 23.5 Å². The second kappa shape index (κ2) is 4.97. The van der Waals surface area contributed by atoms with E-state index in [0.717, 1.165) is 12.8 Å². The predicted molar refractivity (Wildman–Crippen MR) is 73.7 cm³/mol. The first-order valence-corrected chi connectivity index (χ1v) is 8.14. The number of imidazole rings is 1. The van der Waals surface area contributed by atoms with Crippen LogP contribution in [0.25, 0.3) is 0 Å². The number of aryl methyl sites for hydroxylation is 1. The van der Waals surface area contributed by atoms with Gasteiger partial charge in [0, 0.05) is 19.8 Å². The molecule has 21 heavy (non-hydrogen) atoms. The van der Waals surface area contributed by atoms with E-state index in [9.17, 15) is 13.5 Å². The molecule has 2 N–H and O–H groups in total. The first-order valence-electron chi connectivity index (χ1n) is 6.66. The summed E-state index contributed by atoms with van der Waals surface area (Å²) >= 11 is 0. The number of furan rings is 1. The van der Waals surface area contributed by atoms with Gasteiger partial charge in [-0.25, -0.2) is 18.1 Å². The van der Waals surface area contributed by atoms with Gasteiger partial charge >= 0.3 is 0 Å². The van der Waals surface area contributed by atoms with Gasteiger partial charge in [0.05, 0.1) is 12.6 Å². The van der Waals surface area contributed by atoms with Crippen molar-refractivity contribution < 1.29 is 17.9 Å². The number of nitrogens with zero attached hydrogens (tertiary/aromatic N) is 2. The van der Waals surface area contributed by atoms with Crippen molar-refractivity contribution in [1.29, 1.82) is 0 Å². The standard InChI is InChI=1S/C13H17N3O4S/c1-16-7-12(14-9-16)21(18,19)15-8-13(17,10-4-5-10)11-3-2-6-20-11/h2-3,6-7,9-10,15,17H,4-5,8H2,1H3. The monoisotopic (exact) mass is 311 g/mol. The molecule has 1 fully saturated rings. The van der Waals surface area contributed by atoms with E-state index in [1.54, 1.807) is 23.7 Å². The molecule has 0 radical (unpaired) electrons. The first kappa shape index (κ1) is 14.3. The Labute approximate surface area is 122 Å². The molecule has 0 bridgehead atoms. The number of hydrogen-bond donors (Lipinski definition) is 2. The van der Waals surface area contributed by atoms with Crippen molar-refractivity contribution in [2.75, 3.05) is 6.54 Å². The molecule has 0 spiro atoms. The summed E-state index contributed by atoms with van der Waals surface area (Å²) in [4.78, 5) is 3.82. The van der Waals surface area contributed by atoms with E-state index in [2.05, 4.69) is 9.71 Å². The minimum absolute atomic E-state index is 0.00934. The zero-order valence-electron chi connectivity index (χ0n) is 11.6. The summed E-state index contributed by atoms with van der Waals surface area (Å²) in [6.07, 6.45) is 5.99. The van der Waals surface area contributed by atoms with Gasteiger partial charge in [-0.3, -0.25) is 0 Å². The molecular weight excluding hydrogens is 294 g/mol. The van der Waals surface area contributed by atoms with Crippen LogP contribution in [0.15, 0.2) is 40.4 Å². The fraction of sp³-hybridized carbons (Fsp3) is 0.462. The van der Waals surface area contributed by atoms with Crippen LogP contribution in [0.2, 0.25) is 0 Å². The molecule has 8 heteroatoms. The molecule has 7 nitrogen and oxygen atoms in total. The van der Waals surface area contributed by atoms with Crippen LogP contribution < -0.4 is 4.72 Å². The van der Waals surface area contributed by atoms with Crippen molar-refractivity contribution in [2.24, 2.45) is 13.0 Å². The van der Waals surface area contributed by atoms with Gasteiger partial charge in [-0.05, 0) is 30.9 Å². The van der Waals surface area contributed by atoms with Crippen LogP contribution in [0.4, 0.5) is 0 Å². The lowest BCUT2D eigenvalue weighted by molar-refractivity contribution is -0.00225. The summed E-state index contributed by atoms with van der Waals surface area (Å²) in [5, 5.41) is 10.7. The highest BCUT2D eigenvalue weighted by Gasteiger charge is 2.47. The predicted octanol–water partition coefficient (Wildman–Crippen LogP) is 0.589. The van der Waals surface area contributed by atoms with E-state index >= 15 is 0 Å². The van der Waals surface area contributed by atoms with Crippen molar-refractivity contribution in [3.63, 3.8) is 0 Å². The normalized spacial score (nSPS) is 18.6. The maximum absolute atomic E-state index is 12.2. The van der Waals surface area contributed by atoms with Crippen molar-refractivity contribution in [3.8, 4) is 0 Å². The molecule has 1 atom stereocenters. The SMILES string of the molecule is Cn1cnc(S(=O)(=O)NCC(O)(c2ccco2)C2CC2)c1. The van der Waals surface area contributed by atoms with Crippen LogP contribution in [0.5, 0.6) is 0 Å². The third-order valence-corrected chi connectivity index (χ3v) is 4.97. The Bertz CT molecular complexity index is 718. The van der Waals surface area contributed by atoms with Gasteiger partial charge < -0.3 is 14.1 Å². The molecule has 2 aromatic rings. The van der Waals surface area contributed by atoms with Gasteiger partial charge in [-0.2, -0.15) is 0 Å². The molecule has 0 aromatic carbocycles. The Morgan fingerprint density at radius 1 is 1.57 bits per heavy atom. The molecule has 0 amide bonds. The highest BCUT2D eigenvalue weighted by atomic mass is 32.2. The fourth-order valence-corrected chi connectivity index (χ4v) is 3.37. The Morgan fingerprint density at radius 2 is 2.33 bits per heavy atom. The van der Waals surface area contributed by atoms with Gasteiger partial charge in [-0.15, -0.1) is 0 Å². The summed E-state index contributed by atoms with van der Waals surface area (Å²) in [6, 6.07) is 3.34. The van der Waals surface area contributed by atoms with E-state index in [4.69, 9.17) is 4.42 Å². The van der Waals surface area contributed by atoms with Crippen molar-refractivity contribution in [3.05, 3.63) is 36.7 Å². The van der Waals surface area contributed by atoms with E-state index in [1.807, 2.05) is 0 Å². The molecule has 3 rings (SSSR count). The highest BCUT2D eigenvalue weighted by molar-refractivity contribution is 7.89. The second-order valence-electron chi connectivity index (χ2n) is 5.38. The Kier molecular flexibility index (Phi) is 3.39. The average Bonchev–Trinajstić information content (AvgIpc) is 2.97. The van der Waals surface area contributed by atoms with Gasteiger partial charge in [0.2, 0.25) is 0 Å². The van der Waals surface area contributed by atoms with Gasteiger partial charge in [-0.1, -0.05) is 0 Å². The minimum atomic E-state index is -3.75. The van der Waals surface area contributed by atoms with Crippen molar-refractivity contribution in [1.82, 2.24) is 14.3 Å². The third kappa shape index (κ3) is 2.74. The number of aromatic nitrogens is 2. The smallest absolute Gasteiger partial charge is 0.259 e. The molecule has 1 saturated carbocycles. The fourth-order valence-electron chi connectivity index (χ4n) is 2.33. The third-order valence-electron chi connectivity index (χ3n) is 3.69. The minimum Gasteiger partial charge on any atom is -0.466 e. The largest absolute Gasteiger partial charge is 0.466 e. The van der Waals surface area contributed by atoms with Crippen LogP contribution in [0, 0.1) is 5.92 Å². The average molecular weight is 311 g/mol. The van der Waals surface area contributed by atoms with Gasteiger partial charge in [0.25, 0.3) is 10.0 Å². The lowest BCUT2D eigenvalue weighted by Crippen LogP contribution is -2.42. The molecule has 0 saturated heterocycles. The zero-order chi connectivity index (χ0) is 15.1. The highest BCUT2D eigenvalue weighted by Crippen LogP contribution is 2.45. The molecule has 114 valence electrons. The van der Waals surface area contributed by atoms with Gasteiger partial charge in [0.15, 0.2) is 5.03 Å².